The first-order valence-corrected chi connectivity index (χ1v) is 25.0. The average Bonchev–Trinajstić information content (AvgIpc) is 4.01. The average molecular weight is 945 g/mol. The van der Waals surface area contributed by atoms with Crippen molar-refractivity contribution in [3.8, 4) is 90.3 Å². The van der Waals surface area contributed by atoms with Crippen LogP contribution in [0.4, 0.5) is 0 Å². The number of nitrogens with zero attached hydrogens (tertiary/aromatic N) is 6. The molecule has 0 aliphatic carbocycles. The number of rotatable bonds is 9. The molecule has 14 aromatic rings. The minimum Gasteiger partial charge on any atom is -0.307 e. The molecule has 0 amide bonds. The molecule has 74 heavy (non-hydrogen) atoms. The van der Waals surface area contributed by atoms with E-state index in [0.717, 1.165) is 94.1 Å². The summed E-state index contributed by atoms with van der Waals surface area (Å²) < 4.78 is 4.69. The van der Waals surface area contributed by atoms with Crippen LogP contribution in [0.3, 0.4) is 0 Å². The lowest BCUT2D eigenvalue weighted by Crippen LogP contribution is -2.07. The van der Waals surface area contributed by atoms with Crippen LogP contribution < -0.4 is 0 Å². The Morgan fingerprint density at radius 1 is 0.230 bits per heavy atom. The van der Waals surface area contributed by atoms with Gasteiger partial charge in [0.1, 0.15) is 0 Å². The lowest BCUT2D eigenvalue weighted by atomic mass is 9.93. The fourth-order valence-corrected chi connectivity index (χ4v) is 10.7. The summed E-state index contributed by atoms with van der Waals surface area (Å²) in [4.78, 5) is 21.1. The fraction of sp³-hybridized carbons (Fsp3) is 0. The topological polar surface area (TPSA) is 61.4 Å². The second kappa shape index (κ2) is 18.0. The second-order valence-electron chi connectivity index (χ2n) is 18.6. The van der Waals surface area contributed by atoms with E-state index in [9.17, 15) is 0 Å². The van der Waals surface area contributed by atoms with E-state index in [1.54, 1.807) is 0 Å². The molecule has 0 saturated carbocycles. The molecular formula is C68H44N6. The predicted molar refractivity (Wildman–Crippen MR) is 304 cm³/mol. The molecule has 4 heterocycles. The third-order valence-corrected chi connectivity index (χ3v) is 14.2. The zero-order chi connectivity index (χ0) is 49.0. The molecular weight excluding hydrogens is 901 g/mol. The Morgan fingerprint density at radius 3 is 1.20 bits per heavy atom. The molecule has 0 atom stereocenters. The number of hydrogen-bond donors (Lipinski definition) is 0. The van der Waals surface area contributed by atoms with Gasteiger partial charge in [-0.3, -0.25) is 4.57 Å². The number of para-hydroxylation sites is 2. The molecule has 6 heteroatoms. The summed E-state index contributed by atoms with van der Waals surface area (Å²) in [6.07, 6.45) is 0. The molecule has 0 unspecified atom stereocenters. The molecule has 0 fully saturated rings. The van der Waals surface area contributed by atoms with Crippen molar-refractivity contribution in [2.75, 3.05) is 0 Å². The molecule has 346 valence electrons. The van der Waals surface area contributed by atoms with E-state index in [2.05, 4.69) is 240 Å². The predicted octanol–water partition coefficient (Wildman–Crippen LogP) is 17.1. The summed E-state index contributed by atoms with van der Waals surface area (Å²) in [6.45, 7) is 0. The highest BCUT2D eigenvalue weighted by molar-refractivity contribution is 6.23. The Bertz CT molecular complexity index is 4330. The first kappa shape index (κ1) is 42.8. The maximum Gasteiger partial charge on any atom is 0.238 e. The van der Waals surface area contributed by atoms with Crippen molar-refractivity contribution in [1.29, 1.82) is 0 Å². The van der Waals surface area contributed by atoms with E-state index in [1.165, 1.54) is 22.3 Å². The lowest BCUT2D eigenvalue weighted by Gasteiger charge is -2.15. The van der Waals surface area contributed by atoms with Crippen LogP contribution >= 0.6 is 0 Å². The van der Waals surface area contributed by atoms with Crippen molar-refractivity contribution in [2.24, 2.45) is 0 Å². The third-order valence-electron chi connectivity index (χ3n) is 14.2. The van der Waals surface area contributed by atoms with Gasteiger partial charge in [-0.25, -0.2) is 9.97 Å². The molecule has 6 nitrogen and oxygen atoms in total. The number of hydrogen-bond acceptors (Lipinski definition) is 4. The van der Waals surface area contributed by atoms with Crippen LogP contribution in [0.15, 0.2) is 267 Å². The largest absolute Gasteiger partial charge is 0.307 e. The van der Waals surface area contributed by atoms with Gasteiger partial charge in [0.05, 0.1) is 33.5 Å². The van der Waals surface area contributed by atoms with Crippen molar-refractivity contribution >= 4 is 43.6 Å². The quantitative estimate of drug-likeness (QED) is 0.145. The van der Waals surface area contributed by atoms with E-state index >= 15 is 0 Å². The van der Waals surface area contributed by atoms with Gasteiger partial charge in [0.25, 0.3) is 0 Å². The van der Waals surface area contributed by atoms with Gasteiger partial charge >= 0.3 is 0 Å². The summed E-state index contributed by atoms with van der Waals surface area (Å²) in [5, 5.41) is 4.51. The van der Waals surface area contributed by atoms with Gasteiger partial charge < -0.3 is 4.57 Å². The smallest absolute Gasteiger partial charge is 0.238 e. The van der Waals surface area contributed by atoms with Crippen molar-refractivity contribution in [1.82, 2.24) is 29.1 Å². The highest BCUT2D eigenvalue weighted by Crippen LogP contribution is 2.43. The normalized spacial score (nSPS) is 11.5. The van der Waals surface area contributed by atoms with Crippen LogP contribution in [0, 0.1) is 0 Å². The number of aromatic nitrogens is 6. The van der Waals surface area contributed by atoms with Gasteiger partial charge in [0, 0.05) is 49.5 Å². The van der Waals surface area contributed by atoms with Gasteiger partial charge in [0.15, 0.2) is 11.6 Å². The van der Waals surface area contributed by atoms with Gasteiger partial charge in [0.2, 0.25) is 5.95 Å². The molecule has 14 rings (SSSR count). The van der Waals surface area contributed by atoms with Crippen molar-refractivity contribution < 1.29 is 0 Å². The monoisotopic (exact) mass is 944 g/mol. The maximum atomic E-state index is 5.43. The van der Waals surface area contributed by atoms with Gasteiger partial charge in [-0.15, -0.1) is 0 Å². The van der Waals surface area contributed by atoms with Gasteiger partial charge in [-0.1, -0.05) is 212 Å². The summed E-state index contributed by atoms with van der Waals surface area (Å²) in [6, 6.07) is 94.2. The summed E-state index contributed by atoms with van der Waals surface area (Å²) in [7, 11) is 0. The zero-order valence-electron chi connectivity index (χ0n) is 40.1. The Hall–Kier alpha value is -10.0. The van der Waals surface area contributed by atoms with Crippen LogP contribution in [0.2, 0.25) is 0 Å². The van der Waals surface area contributed by atoms with Crippen LogP contribution in [0.25, 0.3) is 134 Å². The molecule has 0 aliphatic rings. The second-order valence-corrected chi connectivity index (χ2v) is 18.6. The van der Waals surface area contributed by atoms with Crippen molar-refractivity contribution in [3.63, 3.8) is 0 Å². The molecule has 0 aliphatic heterocycles. The molecule has 0 spiro atoms. The fourth-order valence-electron chi connectivity index (χ4n) is 10.7. The minimum atomic E-state index is 0.533. The van der Waals surface area contributed by atoms with E-state index in [-0.39, 0.29) is 0 Å². The molecule has 4 aromatic heterocycles. The number of benzene rings is 10. The highest BCUT2D eigenvalue weighted by atomic mass is 15.2. The minimum absolute atomic E-state index is 0.533. The molecule has 10 aromatic carbocycles. The van der Waals surface area contributed by atoms with Crippen LogP contribution in [-0.2, 0) is 0 Å². The zero-order valence-corrected chi connectivity index (χ0v) is 40.1. The van der Waals surface area contributed by atoms with Crippen molar-refractivity contribution in [2.45, 2.75) is 0 Å². The Balaban J connectivity index is 0.977. The van der Waals surface area contributed by atoms with Gasteiger partial charge in [-0.05, 0) is 88.0 Å². The number of pyridine rings is 1. The van der Waals surface area contributed by atoms with E-state index in [4.69, 9.17) is 19.9 Å². The summed E-state index contributed by atoms with van der Waals surface area (Å²) in [5.74, 6) is 1.70. The van der Waals surface area contributed by atoms with Crippen molar-refractivity contribution in [3.05, 3.63) is 267 Å². The number of fused-ring (bicyclic) bond motifs is 7. The van der Waals surface area contributed by atoms with Crippen LogP contribution in [0.1, 0.15) is 0 Å². The first-order chi connectivity index (χ1) is 36.7. The Labute approximate surface area is 427 Å². The standard InChI is InChI=1S/C68H44N6/c1-5-19-45(20-6-1)52-41-53(46-21-7-2-8-22-46)43-54(42-52)51-27-17-28-55(44-51)73-62-33-15-13-29-56(62)58-39-40-59-57-30-14-16-34-63(57)74(65(59)64(58)73)68-71-66(49-25-11-4-12-26-49)70-67(72-68)50-37-35-48(36-38-50)61-32-18-31-60(69-61)47-23-9-3-10-24-47/h1-44H. The highest BCUT2D eigenvalue weighted by Gasteiger charge is 2.24. The van der Waals surface area contributed by atoms with Crippen LogP contribution in [0.5, 0.6) is 0 Å². The maximum absolute atomic E-state index is 5.43. The SMILES string of the molecule is c1ccc(-c2cc(-c3ccccc3)cc(-c3cccc(-n4c5ccccc5c5ccc6c7ccccc7n(-c7nc(-c8ccccc8)nc(-c8ccc(-c9cccc(-c%10ccccc%10)n9)cc8)n7)c6c54)c3)c2)cc1. The molecule has 0 saturated heterocycles. The first-order valence-electron chi connectivity index (χ1n) is 25.0. The van der Waals surface area contributed by atoms with E-state index in [1.807, 2.05) is 36.4 Å². The Morgan fingerprint density at radius 2 is 0.635 bits per heavy atom. The molecule has 0 N–H and O–H groups in total. The summed E-state index contributed by atoms with van der Waals surface area (Å²) >= 11 is 0. The van der Waals surface area contributed by atoms with E-state index < -0.39 is 0 Å². The molecule has 0 radical (unpaired) electrons. The van der Waals surface area contributed by atoms with E-state index in [0.29, 0.717) is 17.6 Å². The Kier molecular flexibility index (Phi) is 10.4. The van der Waals surface area contributed by atoms with Gasteiger partial charge in [-0.2, -0.15) is 9.97 Å². The van der Waals surface area contributed by atoms with Crippen LogP contribution in [-0.4, -0.2) is 29.1 Å². The summed E-state index contributed by atoms with van der Waals surface area (Å²) in [5.41, 5.74) is 17.9. The lowest BCUT2D eigenvalue weighted by molar-refractivity contribution is 0.953. The molecule has 0 bridgehead atoms. The third kappa shape index (κ3) is 7.52.